The first kappa shape index (κ1) is 57.7. The summed E-state index contributed by atoms with van der Waals surface area (Å²) in [6, 6.07) is 57.3. The predicted molar refractivity (Wildman–Crippen MR) is 304 cm³/mol. The molecule has 0 atom stereocenters. The molecule has 10 aromatic rings. The van der Waals surface area contributed by atoms with Gasteiger partial charge in [0.1, 0.15) is 11.5 Å². The molecule has 0 fully saturated rings. The minimum atomic E-state index is -0.152. The van der Waals surface area contributed by atoms with Crippen LogP contribution >= 0.6 is 46.4 Å². The molecule has 10 rings (SSSR count). The largest absolute Gasteiger partial charge is 2.00 e. The number of phenols is 2. The van der Waals surface area contributed by atoms with E-state index in [9.17, 15) is 10.2 Å². The SMILES string of the molecule is CC(C)(C)c1cc(-c2ccccc2)c(O)c(-c2nc(-c3c(Cl)cccc3Cl)no2)c1.CC(C)(C)c1cc(-c2ccccc2)c(O)c(-c2nc(-c3c(Cl)cccc3Cl)no2)c1.[CH2-]c1ccccc1.[CH2-]c1ccccc1.[Zr+2]. The maximum Gasteiger partial charge on any atom is 2.00 e. The zero-order valence-electron chi connectivity index (χ0n) is 42.2. The molecule has 0 unspecified atom stereocenters. The second-order valence-corrected chi connectivity index (χ2v) is 20.7. The molecule has 0 aliphatic rings. The molecule has 0 saturated heterocycles. The van der Waals surface area contributed by atoms with Crippen molar-refractivity contribution in [2.75, 3.05) is 0 Å². The number of aromatic nitrogens is 4. The Morgan fingerprint density at radius 1 is 0.400 bits per heavy atom. The Morgan fingerprint density at radius 2 is 0.680 bits per heavy atom. The van der Waals surface area contributed by atoms with Gasteiger partial charge in [-0.1, -0.05) is 183 Å². The van der Waals surface area contributed by atoms with E-state index in [2.05, 4.69) is 75.7 Å². The summed E-state index contributed by atoms with van der Waals surface area (Å²) in [5.74, 6) is 1.08. The molecule has 0 spiro atoms. The van der Waals surface area contributed by atoms with Gasteiger partial charge in [0, 0.05) is 11.1 Å². The maximum atomic E-state index is 11.1. The zero-order valence-corrected chi connectivity index (χ0v) is 47.7. The Labute approximate surface area is 478 Å². The maximum absolute atomic E-state index is 11.1. The third kappa shape index (κ3) is 14.8. The van der Waals surface area contributed by atoms with E-state index >= 15 is 0 Å². The Kier molecular flexibility index (Phi) is 19.8. The van der Waals surface area contributed by atoms with Crippen molar-refractivity contribution in [2.45, 2.75) is 52.4 Å². The zero-order chi connectivity index (χ0) is 53.2. The molecular weight excluding hydrogens is 1100 g/mol. The van der Waals surface area contributed by atoms with E-state index in [-0.39, 0.29) is 72.0 Å². The van der Waals surface area contributed by atoms with Gasteiger partial charge in [-0.2, -0.15) is 59.2 Å². The first-order valence-electron chi connectivity index (χ1n) is 23.5. The van der Waals surface area contributed by atoms with Crippen molar-refractivity contribution in [1.29, 1.82) is 0 Å². The van der Waals surface area contributed by atoms with Gasteiger partial charge in [-0.25, -0.2) is 0 Å². The molecule has 8 aromatic carbocycles. The van der Waals surface area contributed by atoms with Gasteiger partial charge in [-0.05, 0) is 81.6 Å². The van der Waals surface area contributed by atoms with Gasteiger partial charge in [0.05, 0.1) is 42.3 Å². The van der Waals surface area contributed by atoms with Crippen molar-refractivity contribution in [3.63, 3.8) is 0 Å². The van der Waals surface area contributed by atoms with E-state index in [1.54, 1.807) is 36.4 Å². The Hall–Kier alpha value is -6.58. The molecule has 0 radical (unpaired) electrons. The number of hydrogen-bond acceptors (Lipinski definition) is 8. The van der Waals surface area contributed by atoms with E-state index in [0.717, 1.165) is 33.4 Å². The topological polar surface area (TPSA) is 118 Å². The number of phenolic OH excluding ortho intramolecular Hbond substituents is 2. The quantitative estimate of drug-likeness (QED) is 0.158. The molecule has 2 aromatic heterocycles. The van der Waals surface area contributed by atoms with Crippen molar-refractivity contribution in [3.05, 3.63) is 238 Å². The first-order valence-corrected chi connectivity index (χ1v) is 25.0. The average molecular weight is 1150 g/mol. The van der Waals surface area contributed by atoms with E-state index in [4.69, 9.17) is 55.4 Å². The van der Waals surface area contributed by atoms with Crippen molar-refractivity contribution >= 4 is 46.4 Å². The van der Waals surface area contributed by atoms with Crippen molar-refractivity contribution < 1.29 is 45.5 Å². The molecule has 378 valence electrons. The summed E-state index contributed by atoms with van der Waals surface area (Å²) in [4.78, 5) is 8.97. The molecule has 75 heavy (non-hydrogen) atoms. The summed E-state index contributed by atoms with van der Waals surface area (Å²) >= 11 is 25.1. The molecule has 0 aliphatic carbocycles. The van der Waals surface area contributed by atoms with Crippen LogP contribution in [-0.4, -0.2) is 30.5 Å². The van der Waals surface area contributed by atoms with Crippen LogP contribution in [0.1, 0.15) is 63.8 Å². The number of nitrogens with zero attached hydrogens (tertiary/aromatic N) is 4. The molecule has 0 saturated carbocycles. The number of rotatable bonds is 6. The predicted octanol–water partition coefficient (Wildman–Crippen LogP) is 18.5. The van der Waals surface area contributed by atoms with E-state index < -0.39 is 0 Å². The minimum absolute atomic E-state index is 0. The van der Waals surface area contributed by atoms with Gasteiger partial charge < -0.3 is 19.3 Å². The average Bonchev–Trinajstić information content (AvgIpc) is 4.06. The third-order valence-electron chi connectivity index (χ3n) is 11.5. The van der Waals surface area contributed by atoms with E-state index in [1.807, 2.05) is 146 Å². The molecule has 0 aliphatic heterocycles. The van der Waals surface area contributed by atoms with E-state index in [1.165, 1.54) is 0 Å². The standard InChI is InChI=1S/2C24H20Cl2N2O2.2C7H7.Zr/c2*1-24(2,3)15-12-16(14-8-5-4-6-9-14)21(29)17(13-15)23-27-22(28-30-23)20-18(25)10-7-11-19(20)26;2*1-7-5-3-2-4-6-7;/h2*4-13,29H,1-3H3;2*2-6H,1H2;/q;;2*-1;+2. The Balaban J connectivity index is 0.000000191. The Bertz CT molecular complexity index is 3180. The molecule has 2 N–H and O–H groups in total. The fourth-order valence-electron chi connectivity index (χ4n) is 7.38. The van der Waals surface area contributed by atoms with Crippen LogP contribution in [0.3, 0.4) is 0 Å². The van der Waals surface area contributed by atoms with Crippen LogP contribution in [0.4, 0.5) is 0 Å². The van der Waals surface area contributed by atoms with Gasteiger partial charge in [-0.15, -0.1) is 24.3 Å². The van der Waals surface area contributed by atoms with Gasteiger partial charge in [0.25, 0.3) is 11.8 Å². The summed E-state index contributed by atoms with van der Waals surface area (Å²) in [7, 11) is 0. The fraction of sp³-hybridized carbons (Fsp3) is 0.129. The fourth-order valence-corrected chi connectivity index (χ4v) is 8.52. The molecular formula is C62H54Cl4N4O4Zr. The summed E-state index contributed by atoms with van der Waals surface area (Å²) < 4.78 is 11.0. The molecule has 2 heterocycles. The van der Waals surface area contributed by atoms with Gasteiger partial charge in [-0.3, -0.25) is 0 Å². The Morgan fingerprint density at radius 3 is 0.947 bits per heavy atom. The summed E-state index contributed by atoms with van der Waals surface area (Å²) in [6.45, 7) is 20.1. The van der Waals surface area contributed by atoms with Crippen molar-refractivity contribution in [1.82, 2.24) is 20.3 Å². The molecule has 13 heteroatoms. The van der Waals surface area contributed by atoms with Crippen LogP contribution in [-0.2, 0) is 37.0 Å². The van der Waals surface area contributed by atoms with Crippen LogP contribution in [0.15, 0.2) is 191 Å². The second kappa shape index (κ2) is 25.8. The normalized spacial score (nSPS) is 10.9. The number of halogens is 4. The summed E-state index contributed by atoms with van der Waals surface area (Å²) in [5, 5.41) is 32.0. The van der Waals surface area contributed by atoms with Crippen LogP contribution in [0.25, 0.3) is 67.9 Å². The number of aromatic hydroxyl groups is 2. The molecule has 0 amide bonds. The third-order valence-corrected chi connectivity index (χ3v) is 12.8. The minimum Gasteiger partial charge on any atom is -0.506 e. The van der Waals surface area contributed by atoms with Crippen molar-refractivity contribution in [3.8, 4) is 79.4 Å². The summed E-state index contributed by atoms with van der Waals surface area (Å²) in [5.41, 5.74) is 9.01. The van der Waals surface area contributed by atoms with Crippen LogP contribution < -0.4 is 0 Å². The van der Waals surface area contributed by atoms with Gasteiger partial charge >= 0.3 is 26.2 Å². The first-order chi connectivity index (χ1) is 35.3. The van der Waals surface area contributed by atoms with Crippen molar-refractivity contribution in [2.24, 2.45) is 0 Å². The monoisotopic (exact) mass is 1150 g/mol. The number of hydrogen-bond donors (Lipinski definition) is 2. The smallest absolute Gasteiger partial charge is 0.506 e. The molecule has 0 bridgehead atoms. The van der Waals surface area contributed by atoms with Crippen LogP contribution in [0.5, 0.6) is 11.5 Å². The van der Waals surface area contributed by atoms with Crippen LogP contribution in [0, 0.1) is 13.8 Å². The second-order valence-electron chi connectivity index (χ2n) is 19.1. The van der Waals surface area contributed by atoms with E-state index in [0.29, 0.717) is 53.5 Å². The molecule has 8 nitrogen and oxygen atoms in total. The summed E-state index contributed by atoms with van der Waals surface area (Å²) in [6.07, 6.45) is 0. The van der Waals surface area contributed by atoms with Crippen LogP contribution in [0.2, 0.25) is 20.1 Å². The van der Waals surface area contributed by atoms with Gasteiger partial charge in [0.15, 0.2) is 0 Å². The van der Waals surface area contributed by atoms with Gasteiger partial charge in [0.2, 0.25) is 11.6 Å². The number of benzene rings is 8.